The monoisotopic (exact) mass is 470 g/mol. The van der Waals surface area contributed by atoms with Crippen LogP contribution in [0.25, 0.3) is 0 Å². The van der Waals surface area contributed by atoms with Gasteiger partial charge in [-0.3, -0.25) is 4.90 Å². The van der Waals surface area contributed by atoms with Gasteiger partial charge in [-0.05, 0) is 63.3 Å². The standard InChI is InChI=1S/C21H30N2O6S2/c1-14-9-19(28-5)20(10-15(14)2)31(26,27)21-13-30(24,25)12-16(21)22-11-17(23(3)4)18-7-6-8-29-18/h6-10,16-17,21-22H,11-13H2,1-5H3/t16-,17?,21-/m0/s1. The molecule has 0 spiro atoms. The van der Waals surface area contributed by atoms with E-state index in [2.05, 4.69) is 5.32 Å². The van der Waals surface area contributed by atoms with E-state index < -0.39 is 36.7 Å². The molecule has 2 heterocycles. The third-order valence-electron chi connectivity index (χ3n) is 5.85. The maximum absolute atomic E-state index is 13.6. The van der Waals surface area contributed by atoms with Gasteiger partial charge in [0.05, 0.1) is 36.2 Å². The first-order chi connectivity index (χ1) is 14.5. The lowest BCUT2D eigenvalue weighted by atomic mass is 10.1. The smallest absolute Gasteiger partial charge is 0.187 e. The van der Waals surface area contributed by atoms with Gasteiger partial charge in [0.1, 0.15) is 16.4 Å². The van der Waals surface area contributed by atoms with Crippen molar-refractivity contribution in [3.05, 3.63) is 47.4 Å². The first-order valence-corrected chi connectivity index (χ1v) is 13.4. The number of benzene rings is 1. The minimum absolute atomic E-state index is 0.0298. The normalized spacial score (nSPS) is 22.0. The molecule has 0 radical (unpaired) electrons. The van der Waals surface area contributed by atoms with Crippen LogP contribution in [-0.4, -0.2) is 72.3 Å². The van der Waals surface area contributed by atoms with E-state index in [9.17, 15) is 16.8 Å². The van der Waals surface area contributed by atoms with Gasteiger partial charge in [-0.25, -0.2) is 16.8 Å². The molecule has 0 aliphatic carbocycles. The summed E-state index contributed by atoms with van der Waals surface area (Å²) in [5.74, 6) is 0.292. The molecule has 1 saturated heterocycles. The Bertz CT molecular complexity index is 1120. The Morgan fingerprint density at radius 2 is 1.90 bits per heavy atom. The number of hydrogen-bond acceptors (Lipinski definition) is 8. The number of hydrogen-bond donors (Lipinski definition) is 1. The van der Waals surface area contributed by atoms with E-state index in [-0.39, 0.29) is 22.4 Å². The lowest BCUT2D eigenvalue weighted by Crippen LogP contribution is -2.46. The zero-order chi connectivity index (χ0) is 23.0. The highest BCUT2D eigenvalue weighted by Crippen LogP contribution is 2.34. The molecule has 1 unspecified atom stereocenters. The van der Waals surface area contributed by atoms with Crippen molar-refractivity contribution in [3.63, 3.8) is 0 Å². The SMILES string of the molecule is COc1cc(C)c(C)cc1S(=O)(=O)[C@H]1CS(=O)(=O)C[C@@H]1NCC(c1ccco1)N(C)C. The van der Waals surface area contributed by atoms with Crippen LogP contribution in [0.15, 0.2) is 39.8 Å². The number of methoxy groups -OCH3 is 1. The van der Waals surface area contributed by atoms with Crippen LogP contribution in [0.1, 0.15) is 22.9 Å². The van der Waals surface area contributed by atoms with Crippen LogP contribution in [0.5, 0.6) is 5.75 Å². The number of rotatable bonds is 8. The van der Waals surface area contributed by atoms with Crippen molar-refractivity contribution in [1.82, 2.24) is 10.2 Å². The van der Waals surface area contributed by atoms with E-state index in [0.717, 1.165) is 11.1 Å². The van der Waals surface area contributed by atoms with Gasteiger partial charge in [-0.1, -0.05) is 0 Å². The topological polar surface area (TPSA) is 106 Å². The van der Waals surface area contributed by atoms with Crippen LogP contribution in [-0.2, 0) is 19.7 Å². The fourth-order valence-electron chi connectivity index (χ4n) is 3.90. The first kappa shape index (κ1) is 23.8. The number of likely N-dealkylation sites (N-methyl/N-ethyl adjacent to an activating group) is 1. The minimum Gasteiger partial charge on any atom is -0.495 e. The van der Waals surface area contributed by atoms with Gasteiger partial charge in [0.2, 0.25) is 0 Å². The van der Waals surface area contributed by atoms with Crippen LogP contribution in [0, 0.1) is 13.8 Å². The highest BCUT2D eigenvalue weighted by molar-refractivity contribution is 7.96. The zero-order valence-electron chi connectivity index (χ0n) is 18.5. The maximum atomic E-state index is 13.6. The average molecular weight is 471 g/mol. The Hall–Kier alpha value is -1.88. The molecule has 2 aromatic rings. The van der Waals surface area contributed by atoms with Crippen LogP contribution in [0.3, 0.4) is 0 Å². The van der Waals surface area contributed by atoms with E-state index in [1.54, 1.807) is 24.5 Å². The number of furan rings is 1. The molecule has 8 nitrogen and oxygen atoms in total. The summed E-state index contributed by atoms with van der Waals surface area (Å²) in [6.45, 7) is 4.03. The molecule has 1 aromatic heterocycles. The number of aryl methyl sites for hydroxylation is 2. The Labute approximate surface area is 184 Å². The molecular weight excluding hydrogens is 440 g/mol. The summed E-state index contributed by atoms with van der Waals surface area (Å²) < 4.78 is 62.9. The summed E-state index contributed by atoms with van der Waals surface area (Å²) in [7, 11) is -2.30. The first-order valence-electron chi connectivity index (χ1n) is 9.99. The zero-order valence-corrected chi connectivity index (χ0v) is 20.1. The van der Waals surface area contributed by atoms with Gasteiger partial charge >= 0.3 is 0 Å². The molecule has 0 saturated carbocycles. The molecule has 1 aliphatic heterocycles. The van der Waals surface area contributed by atoms with Gasteiger partial charge in [0.15, 0.2) is 19.7 Å². The average Bonchev–Trinajstić information content (AvgIpc) is 3.31. The second kappa shape index (κ2) is 8.93. The number of nitrogens with zero attached hydrogens (tertiary/aromatic N) is 1. The third-order valence-corrected chi connectivity index (χ3v) is 10.0. The van der Waals surface area contributed by atoms with Crippen molar-refractivity contribution in [1.29, 1.82) is 0 Å². The summed E-state index contributed by atoms with van der Waals surface area (Å²) in [4.78, 5) is 1.97. The van der Waals surface area contributed by atoms with Gasteiger partial charge in [0.25, 0.3) is 0 Å². The molecule has 10 heteroatoms. The molecule has 0 bridgehead atoms. The van der Waals surface area contributed by atoms with Crippen molar-refractivity contribution < 1.29 is 26.0 Å². The van der Waals surface area contributed by atoms with Crippen LogP contribution >= 0.6 is 0 Å². The van der Waals surface area contributed by atoms with Crippen molar-refractivity contribution >= 4 is 19.7 Å². The fourth-order valence-corrected chi connectivity index (χ4v) is 8.84. The highest BCUT2D eigenvalue weighted by Gasteiger charge is 2.46. The molecule has 1 aliphatic rings. The number of ether oxygens (including phenoxy) is 1. The predicted molar refractivity (Wildman–Crippen MR) is 119 cm³/mol. The van der Waals surface area contributed by atoms with Crippen molar-refractivity contribution in [3.8, 4) is 5.75 Å². The Morgan fingerprint density at radius 1 is 1.23 bits per heavy atom. The number of sulfone groups is 2. The van der Waals surface area contributed by atoms with E-state index in [1.165, 1.54) is 7.11 Å². The molecule has 172 valence electrons. The van der Waals surface area contributed by atoms with Crippen molar-refractivity contribution in [2.24, 2.45) is 0 Å². The summed E-state index contributed by atoms with van der Waals surface area (Å²) in [5.41, 5.74) is 1.70. The fraction of sp³-hybridized carbons (Fsp3) is 0.524. The van der Waals surface area contributed by atoms with Crippen LogP contribution in [0.4, 0.5) is 0 Å². The van der Waals surface area contributed by atoms with E-state index in [1.807, 2.05) is 38.9 Å². The van der Waals surface area contributed by atoms with Crippen LogP contribution < -0.4 is 10.1 Å². The quantitative estimate of drug-likeness (QED) is 0.622. The second-order valence-electron chi connectivity index (χ2n) is 8.26. The maximum Gasteiger partial charge on any atom is 0.187 e. The Morgan fingerprint density at radius 3 is 2.48 bits per heavy atom. The summed E-state index contributed by atoms with van der Waals surface area (Å²) in [5, 5.41) is 2.09. The largest absolute Gasteiger partial charge is 0.495 e. The van der Waals surface area contributed by atoms with Crippen molar-refractivity contribution in [2.45, 2.75) is 36.1 Å². The molecule has 1 aromatic carbocycles. The van der Waals surface area contributed by atoms with Gasteiger partial charge in [-0.2, -0.15) is 0 Å². The van der Waals surface area contributed by atoms with E-state index in [0.29, 0.717) is 12.3 Å². The number of nitrogens with one attached hydrogen (secondary N) is 1. The third kappa shape index (κ3) is 4.97. The summed E-state index contributed by atoms with van der Waals surface area (Å²) >= 11 is 0. The van der Waals surface area contributed by atoms with E-state index >= 15 is 0 Å². The minimum atomic E-state index is -3.97. The van der Waals surface area contributed by atoms with Crippen molar-refractivity contribution in [2.75, 3.05) is 39.3 Å². The summed E-state index contributed by atoms with van der Waals surface area (Å²) in [6, 6.07) is 5.96. The molecule has 1 fully saturated rings. The Kier molecular flexibility index (Phi) is 6.85. The lowest BCUT2D eigenvalue weighted by Gasteiger charge is -2.27. The highest BCUT2D eigenvalue weighted by atomic mass is 32.2. The van der Waals surface area contributed by atoms with Gasteiger partial charge < -0.3 is 14.5 Å². The second-order valence-corrected chi connectivity index (χ2v) is 12.5. The molecule has 31 heavy (non-hydrogen) atoms. The van der Waals surface area contributed by atoms with Gasteiger partial charge in [-0.15, -0.1) is 0 Å². The molecule has 1 N–H and O–H groups in total. The predicted octanol–water partition coefficient (Wildman–Crippen LogP) is 1.74. The lowest BCUT2D eigenvalue weighted by molar-refractivity contribution is 0.245. The molecule has 3 atom stereocenters. The molecule has 0 amide bonds. The summed E-state index contributed by atoms with van der Waals surface area (Å²) in [6.07, 6.45) is 1.57. The van der Waals surface area contributed by atoms with Gasteiger partial charge in [0, 0.05) is 12.6 Å². The Balaban J connectivity index is 1.92. The molecular formula is C21H30N2O6S2. The van der Waals surface area contributed by atoms with Crippen LogP contribution in [0.2, 0.25) is 0 Å². The van der Waals surface area contributed by atoms with E-state index in [4.69, 9.17) is 9.15 Å². The molecule has 3 rings (SSSR count).